The molecule has 2 aromatic carbocycles. The van der Waals surface area contributed by atoms with Crippen molar-refractivity contribution >= 4 is 23.1 Å². The average molecular weight is 305 g/mol. The lowest BCUT2D eigenvalue weighted by Crippen LogP contribution is -2.12. The van der Waals surface area contributed by atoms with Crippen molar-refractivity contribution in [1.29, 1.82) is 0 Å². The van der Waals surface area contributed by atoms with E-state index in [2.05, 4.69) is 4.99 Å². The van der Waals surface area contributed by atoms with Crippen LogP contribution >= 0.6 is 11.6 Å². The molecule has 0 aromatic heterocycles. The van der Waals surface area contributed by atoms with Gasteiger partial charge in [-0.1, -0.05) is 30.3 Å². The molecule has 0 amide bonds. The van der Waals surface area contributed by atoms with Crippen molar-refractivity contribution in [3.05, 3.63) is 54.6 Å². The van der Waals surface area contributed by atoms with Gasteiger partial charge in [0, 0.05) is 0 Å². The van der Waals surface area contributed by atoms with Crippen molar-refractivity contribution in [2.24, 2.45) is 10.7 Å². The molecule has 0 atom stereocenters. The van der Waals surface area contributed by atoms with Crippen molar-refractivity contribution in [1.82, 2.24) is 0 Å². The third kappa shape index (κ3) is 5.00. The molecule has 0 saturated carbocycles. The normalized spacial score (nSPS) is 11.2. The molecular weight excluding hydrogens is 288 g/mol. The fraction of sp³-hybridized carbons (Fsp3) is 0.188. The topological polar surface area (TPSA) is 56.8 Å². The van der Waals surface area contributed by atoms with Gasteiger partial charge in [-0.15, -0.1) is 11.6 Å². The number of ether oxygens (including phenoxy) is 2. The number of aliphatic imine (C=N–C) groups is 1. The quantitative estimate of drug-likeness (QED) is 0.369. The second-order valence-corrected chi connectivity index (χ2v) is 4.48. The van der Waals surface area contributed by atoms with Crippen LogP contribution in [0.4, 0.5) is 5.69 Å². The summed E-state index contributed by atoms with van der Waals surface area (Å²) < 4.78 is 11.2. The zero-order valence-corrected chi connectivity index (χ0v) is 12.3. The fourth-order valence-electron chi connectivity index (χ4n) is 1.68. The summed E-state index contributed by atoms with van der Waals surface area (Å²) in [7, 11) is 0. The third-order valence-corrected chi connectivity index (χ3v) is 2.89. The molecule has 4 nitrogen and oxygen atoms in total. The second-order valence-electron chi connectivity index (χ2n) is 4.21. The Morgan fingerprint density at radius 3 is 2.38 bits per heavy atom. The van der Waals surface area contributed by atoms with Gasteiger partial charge in [0.15, 0.2) is 0 Å². The number of halogens is 1. The van der Waals surface area contributed by atoms with Crippen molar-refractivity contribution < 1.29 is 9.47 Å². The lowest BCUT2D eigenvalue weighted by molar-refractivity contribution is 0.217. The minimum absolute atomic E-state index is 0.186. The monoisotopic (exact) mass is 304 g/mol. The molecule has 0 aliphatic carbocycles. The van der Waals surface area contributed by atoms with E-state index < -0.39 is 0 Å². The Bertz CT molecular complexity index is 588. The highest BCUT2D eigenvalue weighted by molar-refractivity contribution is 6.28. The van der Waals surface area contributed by atoms with E-state index in [9.17, 15) is 0 Å². The lowest BCUT2D eigenvalue weighted by Gasteiger charge is -2.10. The molecule has 0 fully saturated rings. The molecule has 0 bridgehead atoms. The molecule has 0 heterocycles. The first-order valence-corrected chi connectivity index (χ1v) is 7.11. The van der Waals surface area contributed by atoms with E-state index in [1.165, 1.54) is 0 Å². The number of hydrogen-bond acceptors (Lipinski definition) is 3. The molecule has 2 rings (SSSR count). The number of para-hydroxylation sites is 3. The summed E-state index contributed by atoms with van der Waals surface area (Å²) in [5.74, 6) is 2.01. The van der Waals surface area contributed by atoms with Crippen LogP contribution in [0.1, 0.15) is 0 Å². The van der Waals surface area contributed by atoms with Gasteiger partial charge >= 0.3 is 0 Å². The number of rotatable bonds is 7. The molecular formula is C16H17ClN2O2. The highest BCUT2D eigenvalue weighted by atomic mass is 35.5. The first kappa shape index (κ1) is 15.2. The zero-order chi connectivity index (χ0) is 14.9. The molecule has 21 heavy (non-hydrogen) atoms. The third-order valence-electron chi connectivity index (χ3n) is 2.62. The van der Waals surface area contributed by atoms with E-state index in [0.717, 1.165) is 5.75 Å². The predicted molar refractivity (Wildman–Crippen MR) is 85.9 cm³/mol. The molecule has 0 aliphatic heterocycles. The largest absolute Gasteiger partial charge is 0.490 e. The maximum Gasteiger partial charge on any atom is 0.145 e. The lowest BCUT2D eigenvalue weighted by atomic mass is 10.3. The molecule has 0 aliphatic rings. The highest BCUT2D eigenvalue weighted by Crippen LogP contribution is 2.26. The van der Waals surface area contributed by atoms with Gasteiger partial charge in [0.05, 0.1) is 5.88 Å². The Kier molecular flexibility index (Phi) is 5.91. The summed E-state index contributed by atoms with van der Waals surface area (Å²) >= 11 is 5.63. The van der Waals surface area contributed by atoms with Gasteiger partial charge in [0.2, 0.25) is 0 Å². The Hall–Kier alpha value is -2.20. The molecule has 0 spiro atoms. The Morgan fingerprint density at radius 1 is 0.952 bits per heavy atom. The van der Waals surface area contributed by atoms with Crippen LogP contribution in [0, 0.1) is 0 Å². The summed E-state index contributed by atoms with van der Waals surface area (Å²) in [5.41, 5.74) is 6.30. The first-order chi connectivity index (χ1) is 10.3. The second kappa shape index (κ2) is 8.17. The van der Waals surface area contributed by atoms with Crippen LogP contribution in [-0.4, -0.2) is 24.9 Å². The Balaban J connectivity index is 1.88. The zero-order valence-electron chi connectivity index (χ0n) is 11.5. The molecule has 2 N–H and O–H groups in total. The minimum Gasteiger partial charge on any atom is -0.490 e. The highest BCUT2D eigenvalue weighted by Gasteiger charge is 2.02. The molecule has 2 aromatic rings. The number of nitrogens with zero attached hydrogens (tertiary/aromatic N) is 1. The number of benzene rings is 2. The average Bonchev–Trinajstić information content (AvgIpc) is 2.54. The van der Waals surface area contributed by atoms with Crippen LogP contribution in [0.2, 0.25) is 0 Å². The van der Waals surface area contributed by atoms with Crippen LogP contribution in [0.5, 0.6) is 11.5 Å². The maximum atomic E-state index is 5.67. The van der Waals surface area contributed by atoms with E-state index in [1.54, 1.807) is 0 Å². The van der Waals surface area contributed by atoms with Gasteiger partial charge in [-0.2, -0.15) is 0 Å². The molecule has 0 radical (unpaired) electrons. The fourth-order valence-corrected chi connectivity index (χ4v) is 1.74. The molecule has 5 heteroatoms. The van der Waals surface area contributed by atoms with E-state index >= 15 is 0 Å². The van der Waals surface area contributed by atoms with Crippen molar-refractivity contribution in [3.63, 3.8) is 0 Å². The van der Waals surface area contributed by atoms with Gasteiger partial charge in [0.25, 0.3) is 0 Å². The van der Waals surface area contributed by atoms with Crippen molar-refractivity contribution in [3.8, 4) is 11.5 Å². The number of hydrogen-bond donors (Lipinski definition) is 1. The van der Waals surface area contributed by atoms with Crippen LogP contribution in [0.3, 0.4) is 0 Å². The van der Waals surface area contributed by atoms with Crippen molar-refractivity contribution in [2.75, 3.05) is 19.1 Å². The number of nitrogens with two attached hydrogens (primary N) is 1. The molecule has 0 saturated heterocycles. The SMILES string of the molecule is NC(CCl)=Nc1ccccc1OCCOc1ccccc1. The summed E-state index contributed by atoms with van der Waals surface area (Å²) in [6.45, 7) is 0.870. The van der Waals surface area contributed by atoms with Crippen LogP contribution in [0.15, 0.2) is 59.6 Å². The van der Waals surface area contributed by atoms with Gasteiger partial charge in [-0.25, -0.2) is 4.99 Å². The van der Waals surface area contributed by atoms with E-state index in [0.29, 0.717) is 30.5 Å². The molecule has 110 valence electrons. The maximum absolute atomic E-state index is 5.67. The Labute approximate surface area is 129 Å². The summed E-state index contributed by atoms with van der Waals surface area (Å²) in [6, 6.07) is 17.0. The van der Waals surface area contributed by atoms with Crippen LogP contribution in [-0.2, 0) is 0 Å². The summed E-state index contributed by atoms with van der Waals surface area (Å²) in [5, 5.41) is 0. The van der Waals surface area contributed by atoms with E-state index in [1.807, 2.05) is 54.6 Å². The van der Waals surface area contributed by atoms with Crippen LogP contribution < -0.4 is 15.2 Å². The van der Waals surface area contributed by atoms with Crippen LogP contribution in [0.25, 0.3) is 0 Å². The number of alkyl halides is 1. The predicted octanol–water partition coefficient (Wildman–Crippen LogP) is 3.37. The van der Waals surface area contributed by atoms with E-state index in [-0.39, 0.29) is 5.88 Å². The van der Waals surface area contributed by atoms with Gasteiger partial charge < -0.3 is 15.2 Å². The summed E-state index contributed by atoms with van der Waals surface area (Å²) in [4.78, 5) is 4.21. The Morgan fingerprint density at radius 2 is 1.62 bits per heavy atom. The van der Waals surface area contributed by atoms with Gasteiger partial charge in [0.1, 0.15) is 36.2 Å². The molecule has 0 unspecified atom stereocenters. The van der Waals surface area contributed by atoms with Crippen molar-refractivity contribution in [2.45, 2.75) is 0 Å². The van der Waals surface area contributed by atoms with E-state index in [4.69, 9.17) is 26.8 Å². The summed E-state index contributed by atoms with van der Waals surface area (Å²) in [6.07, 6.45) is 0. The first-order valence-electron chi connectivity index (χ1n) is 6.58. The minimum atomic E-state index is 0.186. The smallest absolute Gasteiger partial charge is 0.145 e. The standard InChI is InChI=1S/C16H17ClN2O2/c17-12-16(18)19-14-8-4-5-9-15(14)21-11-10-20-13-6-2-1-3-7-13/h1-9H,10-12H2,(H2,18,19). The van der Waals surface area contributed by atoms with Gasteiger partial charge in [-0.3, -0.25) is 0 Å². The number of amidine groups is 1. The van der Waals surface area contributed by atoms with Gasteiger partial charge in [-0.05, 0) is 24.3 Å².